The predicted octanol–water partition coefficient (Wildman–Crippen LogP) is 3.41. The molecular formula is C27H28N6O4S. The van der Waals surface area contributed by atoms with Gasteiger partial charge in [-0.2, -0.15) is 0 Å². The van der Waals surface area contributed by atoms with Gasteiger partial charge in [-0.3, -0.25) is 4.57 Å². The zero-order chi connectivity index (χ0) is 26.5. The molecule has 0 aliphatic carbocycles. The van der Waals surface area contributed by atoms with Crippen LogP contribution in [0.3, 0.4) is 0 Å². The molecule has 0 bridgehead atoms. The second kappa shape index (κ2) is 11.0. The normalized spacial score (nSPS) is 15.4. The fraction of sp³-hybridized carbons (Fsp3) is 0.259. The third-order valence-corrected chi connectivity index (χ3v) is 7.21. The fourth-order valence-electron chi connectivity index (χ4n) is 4.28. The molecule has 0 spiro atoms. The Kier molecular flexibility index (Phi) is 7.36. The average Bonchev–Trinajstić information content (AvgIpc) is 3.62. The van der Waals surface area contributed by atoms with Crippen molar-refractivity contribution < 1.29 is 17.9 Å². The number of para-hydroxylation sites is 1. The van der Waals surface area contributed by atoms with Gasteiger partial charge in [-0.25, -0.2) is 28.2 Å². The van der Waals surface area contributed by atoms with Crippen LogP contribution < -0.4 is 15.0 Å². The van der Waals surface area contributed by atoms with Crippen LogP contribution in [0.25, 0.3) is 11.3 Å². The number of hydrogen-bond donors (Lipinski definition) is 1. The number of ether oxygens (including phenoxy) is 1. The van der Waals surface area contributed by atoms with Gasteiger partial charge in [0.15, 0.2) is 0 Å². The molecule has 1 amide bonds. The van der Waals surface area contributed by atoms with E-state index in [1.807, 2.05) is 30.3 Å². The van der Waals surface area contributed by atoms with Gasteiger partial charge in [0, 0.05) is 61.3 Å². The standard InChI is InChI=1S/C27H28N6O4S/c1-38(35,36)26-28-14-21(15-29-26)18-37-24-9-7-22(8-10-24)25-17-33(19-31-25)27(34)30-13-20-11-12-32(16-20)23-5-3-2-4-6-23/h2-10,14-15,17,19-20H,11-13,16,18H2,1H3,(H,30,34). The molecule has 10 nitrogen and oxygen atoms in total. The molecule has 11 heteroatoms. The summed E-state index contributed by atoms with van der Waals surface area (Å²) in [4.78, 5) is 27.1. The highest BCUT2D eigenvalue weighted by Gasteiger charge is 2.23. The van der Waals surface area contributed by atoms with E-state index < -0.39 is 9.84 Å². The molecule has 1 aliphatic rings. The summed E-state index contributed by atoms with van der Waals surface area (Å²) in [6.45, 7) is 2.72. The number of benzene rings is 2. The lowest BCUT2D eigenvalue weighted by Crippen LogP contribution is -2.33. The molecule has 1 fully saturated rings. The lowest BCUT2D eigenvalue weighted by atomic mass is 10.1. The van der Waals surface area contributed by atoms with Crippen molar-refractivity contribution in [3.05, 3.63) is 85.1 Å². The number of imidazole rings is 1. The van der Waals surface area contributed by atoms with Gasteiger partial charge in [0.2, 0.25) is 15.0 Å². The minimum Gasteiger partial charge on any atom is -0.489 e. The van der Waals surface area contributed by atoms with Gasteiger partial charge in [-0.1, -0.05) is 18.2 Å². The van der Waals surface area contributed by atoms with E-state index in [-0.39, 0.29) is 17.8 Å². The molecule has 1 N–H and O–H groups in total. The number of sulfone groups is 1. The third kappa shape index (κ3) is 6.17. The third-order valence-electron chi connectivity index (χ3n) is 6.34. The Morgan fingerprint density at radius 2 is 1.79 bits per heavy atom. The number of amides is 1. The molecule has 1 atom stereocenters. The monoisotopic (exact) mass is 532 g/mol. The Hall–Kier alpha value is -4.25. The largest absolute Gasteiger partial charge is 0.489 e. The first-order valence-corrected chi connectivity index (χ1v) is 14.1. The highest BCUT2D eigenvalue weighted by Crippen LogP contribution is 2.24. The molecule has 2 aromatic carbocycles. The fourth-order valence-corrected chi connectivity index (χ4v) is 4.76. The molecule has 1 saturated heterocycles. The molecule has 1 aliphatic heterocycles. The van der Waals surface area contributed by atoms with Gasteiger partial charge >= 0.3 is 6.03 Å². The van der Waals surface area contributed by atoms with Crippen molar-refractivity contribution in [2.24, 2.45) is 5.92 Å². The Morgan fingerprint density at radius 3 is 2.50 bits per heavy atom. The van der Waals surface area contributed by atoms with E-state index in [2.05, 4.69) is 37.3 Å². The zero-order valence-electron chi connectivity index (χ0n) is 20.9. The van der Waals surface area contributed by atoms with E-state index in [1.165, 1.54) is 29.0 Å². The van der Waals surface area contributed by atoms with Crippen molar-refractivity contribution in [3.63, 3.8) is 0 Å². The Bertz CT molecular complexity index is 1490. The number of aromatic nitrogens is 4. The van der Waals surface area contributed by atoms with Gasteiger partial charge in [0.1, 0.15) is 18.7 Å². The van der Waals surface area contributed by atoms with Crippen LogP contribution in [0.15, 0.2) is 84.7 Å². The summed E-state index contributed by atoms with van der Waals surface area (Å²) < 4.78 is 30.1. The molecule has 38 heavy (non-hydrogen) atoms. The van der Waals surface area contributed by atoms with Crippen molar-refractivity contribution in [1.29, 1.82) is 0 Å². The Balaban J connectivity index is 1.11. The summed E-state index contributed by atoms with van der Waals surface area (Å²) in [5.41, 5.74) is 3.39. The highest BCUT2D eigenvalue weighted by molar-refractivity contribution is 7.90. The molecule has 196 valence electrons. The van der Waals surface area contributed by atoms with E-state index in [9.17, 15) is 13.2 Å². The number of carbonyl (C=O) groups is 1. The zero-order valence-corrected chi connectivity index (χ0v) is 21.7. The average molecular weight is 533 g/mol. The number of anilines is 1. The summed E-state index contributed by atoms with van der Waals surface area (Å²) in [5, 5.41) is 2.81. The molecule has 0 saturated carbocycles. The van der Waals surface area contributed by atoms with E-state index in [4.69, 9.17) is 4.74 Å². The number of hydrogen-bond acceptors (Lipinski definition) is 8. The van der Waals surface area contributed by atoms with Crippen LogP contribution >= 0.6 is 0 Å². The molecule has 2 aromatic heterocycles. The summed E-state index contributed by atoms with van der Waals surface area (Å²) >= 11 is 0. The Morgan fingerprint density at radius 1 is 1.05 bits per heavy atom. The SMILES string of the molecule is CS(=O)(=O)c1ncc(COc2ccc(-c3cn(C(=O)NCC4CCN(c5ccccc5)C4)cn3)cc2)cn1. The number of nitrogens with one attached hydrogen (secondary N) is 1. The van der Waals surface area contributed by atoms with Crippen LogP contribution in [0.2, 0.25) is 0 Å². The smallest absolute Gasteiger partial charge is 0.326 e. The van der Waals surface area contributed by atoms with Crippen molar-refractivity contribution in [2.45, 2.75) is 18.2 Å². The van der Waals surface area contributed by atoms with E-state index in [0.29, 0.717) is 29.5 Å². The minimum atomic E-state index is -3.44. The van der Waals surface area contributed by atoms with Crippen LogP contribution in [-0.4, -0.2) is 59.9 Å². The summed E-state index contributed by atoms with van der Waals surface area (Å²) in [6, 6.07) is 17.5. The van der Waals surface area contributed by atoms with E-state index in [1.54, 1.807) is 18.3 Å². The van der Waals surface area contributed by atoms with Crippen molar-refractivity contribution >= 4 is 21.6 Å². The lowest BCUT2D eigenvalue weighted by Gasteiger charge is -2.18. The molecule has 5 rings (SSSR count). The maximum atomic E-state index is 12.7. The second-order valence-electron chi connectivity index (χ2n) is 9.25. The quantitative estimate of drug-likeness (QED) is 0.343. The topological polar surface area (TPSA) is 119 Å². The van der Waals surface area contributed by atoms with E-state index >= 15 is 0 Å². The first-order valence-electron chi connectivity index (χ1n) is 12.2. The van der Waals surface area contributed by atoms with Crippen LogP contribution in [-0.2, 0) is 16.4 Å². The van der Waals surface area contributed by atoms with Gasteiger partial charge in [-0.05, 0) is 48.7 Å². The second-order valence-corrected chi connectivity index (χ2v) is 11.2. The van der Waals surface area contributed by atoms with E-state index in [0.717, 1.165) is 31.3 Å². The first kappa shape index (κ1) is 25.4. The minimum absolute atomic E-state index is 0.197. The lowest BCUT2D eigenvalue weighted by molar-refractivity contribution is 0.240. The van der Waals surface area contributed by atoms with Crippen molar-refractivity contribution in [3.8, 4) is 17.0 Å². The Labute approximate surface area is 221 Å². The molecule has 0 radical (unpaired) electrons. The predicted molar refractivity (Wildman–Crippen MR) is 143 cm³/mol. The van der Waals surface area contributed by atoms with Gasteiger partial charge in [0.25, 0.3) is 0 Å². The number of carbonyl (C=O) groups excluding carboxylic acids is 1. The van der Waals surface area contributed by atoms with Crippen molar-refractivity contribution in [2.75, 3.05) is 30.8 Å². The maximum Gasteiger partial charge on any atom is 0.326 e. The highest BCUT2D eigenvalue weighted by atomic mass is 32.2. The molecule has 1 unspecified atom stereocenters. The molecular weight excluding hydrogens is 504 g/mol. The van der Waals surface area contributed by atoms with Gasteiger partial charge in [-0.15, -0.1) is 0 Å². The summed E-state index contributed by atoms with van der Waals surface area (Å²) in [6.07, 6.45) is 8.18. The summed E-state index contributed by atoms with van der Waals surface area (Å²) in [7, 11) is -3.44. The van der Waals surface area contributed by atoms with Gasteiger partial charge in [0.05, 0.1) is 5.69 Å². The number of rotatable bonds is 8. The van der Waals surface area contributed by atoms with Gasteiger partial charge < -0.3 is 15.0 Å². The van der Waals surface area contributed by atoms with Crippen LogP contribution in [0.1, 0.15) is 12.0 Å². The van der Waals surface area contributed by atoms with Crippen LogP contribution in [0, 0.1) is 5.92 Å². The number of nitrogens with zero attached hydrogens (tertiary/aromatic N) is 5. The van der Waals surface area contributed by atoms with Crippen molar-refractivity contribution in [1.82, 2.24) is 24.8 Å². The molecule has 4 aromatic rings. The first-order chi connectivity index (χ1) is 18.3. The maximum absolute atomic E-state index is 12.7. The summed E-state index contributed by atoms with van der Waals surface area (Å²) in [5.74, 6) is 1.03. The molecule has 3 heterocycles. The van der Waals surface area contributed by atoms with Crippen LogP contribution in [0.5, 0.6) is 5.75 Å². The van der Waals surface area contributed by atoms with Crippen LogP contribution in [0.4, 0.5) is 10.5 Å².